The Balaban J connectivity index is 1.63. The summed E-state index contributed by atoms with van der Waals surface area (Å²) in [6.07, 6.45) is 5.06. The zero-order chi connectivity index (χ0) is 15.6. The highest BCUT2D eigenvalue weighted by Crippen LogP contribution is 2.53. The van der Waals surface area contributed by atoms with Crippen LogP contribution in [-0.2, 0) is 4.84 Å². The van der Waals surface area contributed by atoms with Gasteiger partial charge in [-0.3, -0.25) is 9.88 Å². The fourth-order valence-electron chi connectivity index (χ4n) is 4.70. The van der Waals surface area contributed by atoms with Gasteiger partial charge < -0.3 is 10.6 Å². The van der Waals surface area contributed by atoms with E-state index in [-0.39, 0.29) is 11.6 Å². The maximum absolute atomic E-state index is 6.00. The van der Waals surface area contributed by atoms with Crippen LogP contribution in [0, 0.1) is 12.8 Å². The van der Waals surface area contributed by atoms with E-state index in [2.05, 4.69) is 29.1 Å². The second-order valence-electron chi connectivity index (χ2n) is 7.02. The van der Waals surface area contributed by atoms with Crippen molar-refractivity contribution in [3.63, 3.8) is 0 Å². The number of piperidine rings is 3. The summed E-state index contributed by atoms with van der Waals surface area (Å²) in [4.78, 5) is 14.6. The molecule has 23 heavy (non-hydrogen) atoms. The van der Waals surface area contributed by atoms with Crippen molar-refractivity contribution >= 4 is 27.3 Å². The second-order valence-corrected chi connectivity index (χ2v) is 8.31. The van der Waals surface area contributed by atoms with Crippen LogP contribution in [0.4, 0.5) is 0 Å². The van der Waals surface area contributed by atoms with Crippen LogP contribution >= 0.6 is 11.3 Å². The Morgan fingerprint density at radius 3 is 2.91 bits per heavy atom. The van der Waals surface area contributed by atoms with E-state index in [4.69, 9.17) is 15.6 Å². The molecule has 5 nitrogen and oxygen atoms in total. The molecule has 0 amide bonds. The van der Waals surface area contributed by atoms with Crippen LogP contribution in [0.3, 0.4) is 0 Å². The van der Waals surface area contributed by atoms with E-state index < -0.39 is 0 Å². The molecular weight excluding hydrogens is 308 g/mol. The van der Waals surface area contributed by atoms with Crippen molar-refractivity contribution in [2.24, 2.45) is 16.8 Å². The van der Waals surface area contributed by atoms with Gasteiger partial charge in [0.1, 0.15) is 5.84 Å². The van der Waals surface area contributed by atoms with Crippen molar-refractivity contribution in [1.29, 1.82) is 0 Å². The first kappa shape index (κ1) is 13.7. The van der Waals surface area contributed by atoms with Crippen LogP contribution in [-0.4, -0.2) is 34.4 Å². The van der Waals surface area contributed by atoms with Gasteiger partial charge in [-0.2, -0.15) is 0 Å². The average molecular weight is 328 g/mol. The lowest BCUT2D eigenvalue weighted by Gasteiger charge is -2.54. The average Bonchev–Trinajstić information content (AvgIpc) is 3.10. The summed E-state index contributed by atoms with van der Waals surface area (Å²) in [6, 6.07) is 4.61. The lowest BCUT2D eigenvalue weighted by Crippen LogP contribution is -2.61. The normalized spacial score (nSPS) is 35.7. The summed E-state index contributed by atoms with van der Waals surface area (Å²) in [5.41, 5.74) is 6.79. The summed E-state index contributed by atoms with van der Waals surface area (Å²) in [5.74, 6) is 1.14. The van der Waals surface area contributed by atoms with Crippen molar-refractivity contribution in [1.82, 2.24) is 9.88 Å². The number of aryl methyl sites for hydroxylation is 1. The Morgan fingerprint density at radius 2 is 2.17 bits per heavy atom. The fraction of sp³-hybridized carbons (Fsp3) is 0.529. The van der Waals surface area contributed by atoms with E-state index in [0.29, 0.717) is 11.8 Å². The van der Waals surface area contributed by atoms with Crippen LogP contribution in [0.25, 0.3) is 10.1 Å². The number of nitrogens with zero attached hydrogens (tertiary/aromatic N) is 3. The predicted octanol–water partition coefficient (Wildman–Crippen LogP) is 2.80. The molecule has 0 aliphatic carbocycles. The smallest absolute Gasteiger partial charge is 0.168 e. The van der Waals surface area contributed by atoms with Crippen molar-refractivity contribution in [3.05, 3.63) is 28.9 Å². The number of pyridine rings is 1. The number of hydrogen-bond acceptors (Lipinski definition) is 6. The minimum absolute atomic E-state index is 0.159. The Labute approximate surface area is 139 Å². The van der Waals surface area contributed by atoms with Gasteiger partial charge in [-0.05, 0) is 45.0 Å². The van der Waals surface area contributed by atoms with Gasteiger partial charge >= 0.3 is 0 Å². The van der Waals surface area contributed by atoms with Gasteiger partial charge in [0.2, 0.25) is 0 Å². The summed E-state index contributed by atoms with van der Waals surface area (Å²) in [6.45, 7) is 4.37. The molecule has 0 saturated carbocycles. The molecule has 6 rings (SSSR count). The number of hydrogen-bond donors (Lipinski definition) is 1. The number of rotatable bonds is 1. The number of fused-ring (bicyclic) bond motifs is 3. The highest BCUT2D eigenvalue weighted by atomic mass is 32.1. The summed E-state index contributed by atoms with van der Waals surface area (Å²) in [7, 11) is 0. The van der Waals surface area contributed by atoms with Crippen molar-refractivity contribution in [3.8, 4) is 0 Å². The van der Waals surface area contributed by atoms with E-state index in [1.165, 1.54) is 27.8 Å². The molecule has 6 heterocycles. The molecule has 2 unspecified atom stereocenters. The second kappa shape index (κ2) is 4.68. The molecule has 0 radical (unpaired) electrons. The van der Waals surface area contributed by atoms with E-state index in [1.54, 1.807) is 0 Å². The number of amidine groups is 1. The first-order valence-electron chi connectivity index (χ1n) is 8.26. The van der Waals surface area contributed by atoms with Gasteiger partial charge in [0.25, 0.3) is 0 Å². The van der Waals surface area contributed by atoms with E-state index in [0.717, 1.165) is 25.2 Å². The molecular formula is C17H20N4OS. The molecule has 1 spiro atoms. The molecule has 120 valence electrons. The molecule has 4 aliphatic rings. The highest BCUT2D eigenvalue weighted by molar-refractivity contribution is 7.19. The Hall–Kier alpha value is -1.66. The molecule has 6 heteroatoms. The number of nitrogens with two attached hydrogens (primary N) is 1. The minimum Gasteiger partial charge on any atom is -0.385 e. The summed E-state index contributed by atoms with van der Waals surface area (Å²) >= 11 is 1.83. The van der Waals surface area contributed by atoms with E-state index in [9.17, 15) is 0 Å². The van der Waals surface area contributed by atoms with Crippen molar-refractivity contribution in [2.75, 3.05) is 13.1 Å². The third kappa shape index (κ3) is 1.88. The lowest BCUT2D eigenvalue weighted by atomic mass is 9.67. The highest BCUT2D eigenvalue weighted by Gasteiger charge is 2.59. The number of oxime groups is 1. The van der Waals surface area contributed by atoms with E-state index >= 15 is 0 Å². The van der Waals surface area contributed by atoms with Crippen LogP contribution < -0.4 is 5.73 Å². The van der Waals surface area contributed by atoms with Gasteiger partial charge in [0.15, 0.2) is 5.60 Å². The molecule has 2 N–H and O–H groups in total. The first-order chi connectivity index (χ1) is 11.2. The Kier molecular flexibility index (Phi) is 2.79. The monoisotopic (exact) mass is 328 g/mol. The van der Waals surface area contributed by atoms with Gasteiger partial charge in [0.05, 0.1) is 18.2 Å². The minimum atomic E-state index is -0.312. The molecule has 0 aromatic carbocycles. The zero-order valence-electron chi connectivity index (χ0n) is 13.2. The summed E-state index contributed by atoms with van der Waals surface area (Å²) in [5, 5.41) is 5.34. The molecule has 2 atom stereocenters. The molecule has 4 aliphatic heterocycles. The van der Waals surface area contributed by atoms with Crippen LogP contribution in [0.1, 0.15) is 35.9 Å². The Bertz CT molecular complexity index is 808. The molecule has 3 fully saturated rings. The molecule has 2 bridgehead atoms. The van der Waals surface area contributed by atoms with Crippen LogP contribution in [0.5, 0.6) is 0 Å². The zero-order valence-corrected chi connectivity index (χ0v) is 14.0. The standard InChI is InChI=1S/C17H20N4OS/c1-10-6-11-9-19-13(7-14(11)23-10)16-17(8-15(18)20-22-17)12-2-4-21(16)5-3-12/h6-7,9,12,16H,2-5,8H2,1H3,(H2,18,20). The molecule has 2 aromatic rings. The van der Waals surface area contributed by atoms with Gasteiger partial charge in [-0.25, -0.2) is 0 Å². The molecule has 2 aromatic heterocycles. The Morgan fingerprint density at radius 1 is 1.35 bits per heavy atom. The SMILES string of the molecule is Cc1cc2cnc(C3N4CCC(CC4)C34CC(N)=NO4)cc2s1. The number of aromatic nitrogens is 1. The van der Waals surface area contributed by atoms with Gasteiger partial charge in [-0.15, -0.1) is 11.3 Å². The summed E-state index contributed by atoms with van der Waals surface area (Å²) < 4.78 is 1.30. The fourth-order valence-corrected chi connectivity index (χ4v) is 5.65. The third-order valence-corrected chi connectivity index (χ3v) is 6.68. The number of thiophene rings is 1. The maximum Gasteiger partial charge on any atom is 0.168 e. The van der Waals surface area contributed by atoms with Gasteiger partial charge in [0, 0.05) is 27.1 Å². The molecule has 3 saturated heterocycles. The van der Waals surface area contributed by atoms with Crippen LogP contribution in [0.2, 0.25) is 0 Å². The largest absolute Gasteiger partial charge is 0.385 e. The van der Waals surface area contributed by atoms with Crippen LogP contribution in [0.15, 0.2) is 23.5 Å². The lowest BCUT2D eigenvalue weighted by molar-refractivity contribution is -0.178. The third-order valence-electron chi connectivity index (χ3n) is 5.66. The topological polar surface area (TPSA) is 63.7 Å². The maximum atomic E-state index is 6.00. The van der Waals surface area contributed by atoms with Crippen molar-refractivity contribution in [2.45, 2.75) is 37.8 Å². The first-order valence-corrected chi connectivity index (χ1v) is 9.08. The quantitative estimate of drug-likeness (QED) is 0.874. The van der Waals surface area contributed by atoms with Crippen molar-refractivity contribution < 1.29 is 4.84 Å². The van der Waals surface area contributed by atoms with E-state index in [1.807, 2.05) is 17.5 Å². The predicted molar refractivity (Wildman–Crippen MR) is 91.5 cm³/mol. The van der Waals surface area contributed by atoms with Gasteiger partial charge in [-0.1, -0.05) is 5.16 Å².